The van der Waals surface area contributed by atoms with Gasteiger partial charge in [-0.05, 0) is 35.1 Å². The zero-order valence-electron chi connectivity index (χ0n) is 6.82. The fourth-order valence-electron chi connectivity index (χ4n) is 0.968. The molecule has 0 atom stereocenters. The van der Waals surface area contributed by atoms with Crippen molar-refractivity contribution in [2.24, 2.45) is 0 Å². The van der Waals surface area contributed by atoms with Gasteiger partial charge in [0.2, 0.25) is 0 Å². The van der Waals surface area contributed by atoms with Crippen LogP contribution in [-0.4, -0.2) is 4.98 Å². The van der Waals surface area contributed by atoms with Crippen molar-refractivity contribution in [1.29, 1.82) is 0 Å². The van der Waals surface area contributed by atoms with E-state index in [2.05, 4.69) is 20.9 Å². The summed E-state index contributed by atoms with van der Waals surface area (Å²) in [5.74, 6) is 0. The summed E-state index contributed by atoms with van der Waals surface area (Å²) in [7, 11) is 0. The van der Waals surface area contributed by atoms with Gasteiger partial charge in [0.25, 0.3) is 6.43 Å². The first-order chi connectivity index (χ1) is 6.07. The number of rotatable bonds is 2. The maximum atomic E-state index is 12.6. The quantitative estimate of drug-likeness (QED) is 0.576. The molecule has 0 saturated heterocycles. The Hall–Kier alpha value is 0.220. The molecule has 0 aromatic carbocycles. The first-order valence-electron chi connectivity index (χ1n) is 3.56. The summed E-state index contributed by atoms with van der Waals surface area (Å²) < 4.78 is 25.8. The second kappa shape index (κ2) is 4.63. The minimum absolute atomic E-state index is 0.0532. The highest BCUT2D eigenvalue weighted by atomic mass is 127. The number of hydrogen-bond donors (Lipinski definition) is 0. The molecule has 0 saturated carbocycles. The van der Waals surface area contributed by atoms with Crippen molar-refractivity contribution in [1.82, 2.24) is 4.98 Å². The van der Waals surface area contributed by atoms with E-state index < -0.39 is 6.43 Å². The molecule has 0 spiro atoms. The maximum Gasteiger partial charge on any atom is 0.266 e. The molecule has 0 aliphatic heterocycles. The van der Waals surface area contributed by atoms with Gasteiger partial charge in [-0.2, -0.15) is 0 Å². The molecule has 1 aromatic rings. The molecule has 1 rings (SSSR count). The third-order valence-electron chi connectivity index (χ3n) is 1.65. The third kappa shape index (κ3) is 2.37. The van der Waals surface area contributed by atoms with Crippen molar-refractivity contribution in [3.8, 4) is 0 Å². The van der Waals surface area contributed by atoms with Crippen LogP contribution in [0.5, 0.6) is 0 Å². The molecule has 13 heavy (non-hydrogen) atoms. The molecule has 0 fully saturated rings. The second-order valence-electron chi connectivity index (χ2n) is 2.55. The standard InChI is InChI=1S/C8H7BrF2IN/c1-4-3-13-5(2-9)6(7(4)12)8(10)11/h3,8H,2H2,1H3. The molecule has 0 amide bonds. The van der Waals surface area contributed by atoms with Gasteiger partial charge in [-0.15, -0.1) is 0 Å². The topological polar surface area (TPSA) is 12.9 Å². The molecule has 1 heterocycles. The smallest absolute Gasteiger partial charge is 0.260 e. The largest absolute Gasteiger partial charge is 0.266 e. The molecule has 5 heteroatoms. The van der Waals surface area contributed by atoms with E-state index >= 15 is 0 Å². The molecule has 1 nitrogen and oxygen atoms in total. The van der Waals surface area contributed by atoms with Gasteiger partial charge in [-0.3, -0.25) is 4.98 Å². The number of alkyl halides is 3. The van der Waals surface area contributed by atoms with Crippen molar-refractivity contribution in [2.75, 3.05) is 0 Å². The van der Waals surface area contributed by atoms with Crippen molar-refractivity contribution in [3.63, 3.8) is 0 Å². The summed E-state index contributed by atoms with van der Waals surface area (Å²) in [6, 6.07) is 0. The zero-order chi connectivity index (χ0) is 10.0. The third-order valence-corrected chi connectivity index (χ3v) is 3.62. The van der Waals surface area contributed by atoms with Gasteiger partial charge in [0.05, 0.1) is 11.3 Å². The van der Waals surface area contributed by atoms with E-state index in [0.717, 1.165) is 5.56 Å². The Balaban J connectivity index is 3.32. The van der Waals surface area contributed by atoms with E-state index in [9.17, 15) is 8.78 Å². The van der Waals surface area contributed by atoms with Crippen molar-refractivity contribution in [2.45, 2.75) is 18.7 Å². The summed E-state index contributed by atoms with van der Waals surface area (Å²) in [4.78, 5) is 3.95. The number of hydrogen-bond acceptors (Lipinski definition) is 1. The minimum atomic E-state index is -2.45. The maximum absolute atomic E-state index is 12.6. The van der Waals surface area contributed by atoms with Gasteiger partial charge in [0, 0.05) is 15.1 Å². The summed E-state index contributed by atoms with van der Waals surface area (Å²) in [5.41, 5.74) is 1.27. The number of pyridine rings is 1. The van der Waals surface area contributed by atoms with Crippen LogP contribution in [0.3, 0.4) is 0 Å². The highest BCUT2D eigenvalue weighted by Crippen LogP contribution is 2.29. The van der Waals surface area contributed by atoms with Crippen molar-refractivity contribution in [3.05, 3.63) is 26.6 Å². The summed E-state index contributed by atoms with van der Waals surface area (Å²) in [6.45, 7) is 1.78. The fraction of sp³-hybridized carbons (Fsp3) is 0.375. The first-order valence-corrected chi connectivity index (χ1v) is 5.76. The molecule has 0 radical (unpaired) electrons. The lowest BCUT2D eigenvalue weighted by atomic mass is 10.1. The Bertz CT molecular complexity index is 317. The van der Waals surface area contributed by atoms with Crippen LogP contribution in [0.1, 0.15) is 23.2 Å². The van der Waals surface area contributed by atoms with E-state index in [-0.39, 0.29) is 5.56 Å². The molecule has 0 unspecified atom stereocenters. The average Bonchev–Trinajstić information content (AvgIpc) is 2.08. The predicted octanol–water partition coefficient (Wildman–Crippen LogP) is 3.83. The summed E-state index contributed by atoms with van der Waals surface area (Å²) >= 11 is 5.06. The molecule has 1 aromatic heterocycles. The Kier molecular flexibility index (Phi) is 4.03. The fourth-order valence-corrected chi connectivity index (χ4v) is 2.10. The monoisotopic (exact) mass is 361 g/mol. The zero-order valence-corrected chi connectivity index (χ0v) is 10.6. The van der Waals surface area contributed by atoms with Crippen LogP contribution in [0.15, 0.2) is 6.20 Å². The van der Waals surface area contributed by atoms with Gasteiger partial charge < -0.3 is 0 Å². The Morgan fingerprint density at radius 3 is 2.69 bits per heavy atom. The van der Waals surface area contributed by atoms with Crippen LogP contribution in [0, 0.1) is 10.5 Å². The van der Waals surface area contributed by atoms with E-state index in [0.29, 0.717) is 14.6 Å². The molecule has 0 N–H and O–H groups in total. The van der Waals surface area contributed by atoms with Crippen LogP contribution in [-0.2, 0) is 5.33 Å². The number of aromatic nitrogens is 1. The van der Waals surface area contributed by atoms with Gasteiger partial charge >= 0.3 is 0 Å². The lowest BCUT2D eigenvalue weighted by Crippen LogP contribution is -2.01. The average molecular weight is 362 g/mol. The highest BCUT2D eigenvalue weighted by molar-refractivity contribution is 14.1. The van der Waals surface area contributed by atoms with Gasteiger partial charge in [0.15, 0.2) is 0 Å². The predicted molar refractivity (Wildman–Crippen MR) is 59.3 cm³/mol. The number of nitrogens with zero attached hydrogens (tertiary/aromatic N) is 1. The Morgan fingerprint density at radius 1 is 1.62 bits per heavy atom. The number of halogens is 4. The van der Waals surface area contributed by atoms with Crippen molar-refractivity contribution >= 4 is 38.5 Å². The molecule has 0 bridgehead atoms. The van der Waals surface area contributed by atoms with Crippen LogP contribution < -0.4 is 0 Å². The lowest BCUT2D eigenvalue weighted by molar-refractivity contribution is 0.149. The van der Waals surface area contributed by atoms with Crippen LogP contribution in [0.25, 0.3) is 0 Å². The first kappa shape index (κ1) is 11.3. The molecule has 0 aliphatic rings. The SMILES string of the molecule is Cc1cnc(CBr)c(C(F)F)c1I. The van der Waals surface area contributed by atoms with Crippen LogP contribution in [0.2, 0.25) is 0 Å². The highest BCUT2D eigenvalue weighted by Gasteiger charge is 2.18. The Labute approximate surface area is 97.2 Å². The van der Waals surface area contributed by atoms with Gasteiger partial charge in [-0.25, -0.2) is 8.78 Å². The number of aryl methyl sites for hydroxylation is 1. The Morgan fingerprint density at radius 2 is 2.23 bits per heavy atom. The normalized spacial score (nSPS) is 10.9. The van der Waals surface area contributed by atoms with E-state index in [4.69, 9.17) is 0 Å². The second-order valence-corrected chi connectivity index (χ2v) is 4.19. The van der Waals surface area contributed by atoms with Crippen molar-refractivity contribution < 1.29 is 8.78 Å². The van der Waals surface area contributed by atoms with E-state index in [1.165, 1.54) is 0 Å². The molecule has 72 valence electrons. The van der Waals surface area contributed by atoms with Gasteiger partial charge in [0.1, 0.15) is 0 Å². The van der Waals surface area contributed by atoms with Crippen LogP contribution in [0.4, 0.5) is 8.78 Å². The van der Waals surface area contributed by atoms with E-state index in [1.807, 2.05) is 22.6 Å². The molecular formula is C8H7BrF2IN. The summed E-state index contributed by atoms with van der Waals surface area (Å²) in [6.07, 6.45) is -0.837. The van der Waals surface area contributed by atoms with Crippen LogP contribution >= 0.6 is 38.5 Å². The lowest BCUT2D eigenvalue weighted by Gasteiger charge is -2.09. The van der Waals surface area contributed by atoms with Gasteiger partial charge in [-0.1, -0.05) is 15.9 Å². The molecular weight excluding hydrogens is 355 g/mol. The molecule has 0 aliphatic carbocycles. The minimum Gasteiger partial charge on any atom is -0.260 e. The van der Waals surface area contributed by atoms with E-state index in [1.54, 1.807) is 13.1 Å². The summed E-state index contributed by atoms with van der Waals surface area (Å²) in [5, 5.41) is 0.364.